The Kier molecular flexibility index (Phi) is 13.3. The number of halogens is 2. The molecule has 5 heterocycles. The van der Waals surface area contributed by atoms with Crippen molar-refractivity contribution in [2.24, 2.45) is 33.7 Å². The normalized spacial score (nSPS) is 32.8. The van der Waals surface area contributed by atoms with E-state index in [1.807, 2.05) is 11.1 Å². The molecule has 1 saturated carbocycles. The Balaban J connectivity index is 1.27. The summed E-state index contributed by atoms with van der Waals surface area (Å²) in [6, 6.07) is -0.706. The van der Waals surface area contributed by atoms with Gasteiger partial charge in [0, 0.05) is 61.9 Å². The number of fused-ring (bicyclic) bond motifs is 2. The Labute approximate surface area is 317 Å². The number of nitrogens with zero attached hydrogens (tertiary/aromatic N) is 4. The molecule has 294 valence electrons. The zero-order valence-corrected chi connectivity index (χ0v) is 32.9. The largest absolute Gasteiger partial charge is 0.364 e. The molecule has 3 saturated heterocycles. The predicted octanol–water partition coefficient (Wildman–Crippen LogP) is 5.04. The first kappa shape index (κ1) is 39.9. The van der Waals surface area contributed by atoms with E-state index in [1.165, 1.54) is 0 Å². The summed E-state index contributed by atoms with van der Waals surface area (Å²) < 4.78 is 15.2. The van der Waals surface area contributed by atoms with Gasteiger partial charge >= 0.3 is 0 Å². The van der Waals surface area contributed by atoms with Gasteiger partial charge in [-0.05, 0) is 58.0 Å². The number of piperazine rings is 1. The van der Waals surface area contributed by atoms with Gasteiger partial charge in [0.2, 0.25) is 11.8 Å². The van der Waals surface area contributed by atoms with Crippen LogP contribution in [0.15, 0.2) is 17.0 Å². The van der Waals surface area contributed by atoms with Crippen molar-refractivity contribution in [2.75, 3.05) is 45.8 Å². The Morgan fingerprint density at radius 2 is 1.67 bits per heavy atom. The highest BCUT2D eigenvalue weighted by Crippen LogP contribution is 2.68. The van der Waals surface area contributed by atoms with E-state index < -0.39 is 23.7 Å². The van der Waals surface area contributed by atoms with E-state index in [2.05, 4.69) is 34.3 Å². The molecule has 10 nitrogen and oxygen atoms in total. The SMILES string of the molecule is CCCCCCC1(N2CCC(C(=O)N3CCNCC3)CC2)C(Cl)CN=CC1NC(=O)C(C(N)N)C1N2C=C(F)CCC2(CCCCC)C12CCCC2. The number of hydrogen-bond acceptors (Lipinski definition) is 8. The summed E-state index contributed by atoms with van der Waals surface area (Å²) in [5.41, 5.74) is 12.5. The van der Waals surface area contributed by atoms with E-state index in [9.17, 15) is 9.59 Å². The second kappa shape index (κ2) is 17.3. The first-order chi connectivity index (χ1) is 25.1. The lowest BCUT2D eigenvalue weighted by Crippen LogP contribution is -2.82. The average molecular weight is 747 g/mol. The molecule has 4 fully saturated rings. The Hall–Kier alpha value is -1.79. The molecule has 6 aliphatic rings. The molecule has 6 atom stereocenters. The number of piperidine rings is 1. The van der Waals surface area contributed by atoms with Crippen LogP contribution in [0.25, 0.3) is 0 Å². The Morgan fingerprint density at radius 1 is 1.00 bits per heavy atom. The molecule has 5 aliphatic heterocycles. The average Bonchev–Trinajstić information content (AvgIpc) is 3.67. The van der Waals surface area contributed by atoms with Crippen LogP contribution in [0.3, 0.4) is 0 Å². The third-order valence-electron chi connectivity index (χ3n) is 14.3. The number of likely N-dealkylation sites (tertiary alicyclic amines) is 1. The van der Waals surface area contributed by atoms with E-state index in [0.717, 1.165) is 142 Å². The molecular weight excluding hydrogens is 679 g/mol. The maximum absolute atomic E-state index is 15.2. The molecular formula is C40H68ClFN8O2. The molecule has 0 bridgehead atoms. The van der Waals surface area contributed by atoms with E-state index in [4.69, 9.17) is 28.1 Å². The van der Waals surface area contributed by atoms with Crippen LogP contribution in [-0.4, -0.2) is 113 Å². The minimum Gasteiger partial charge on any atom is -0.364 e. The number of rotatable bonds is 15. The first-order valence-electron chi connectivity index (χ1n) is 21.0. The van der Waals surface area contributed by atoms with Gasteiger partial charge in [-0.3, -0.25) is 19.5 Å². The van der Waals surface area contributed by atoms with Gasteiger partial charge in [0.05, 0.1) is 41.6 Å². The second-order valence-corrected chi connectivity index (χ2v) is 17.5. The maximum Gasteiger partial charge on any atom is 0.228 e. The standard InChI is InChI=1S/C40H68ClFN8O2/c1-3-5-7-9-18-40(49-22-13-29(14-23-49)37(52)48-24-20-45-21-25-48)31(41)26-46-27-32(40)47-36(51)33(35(43)44)34-38(15-10-11-16-38)39(17-8-6-4-2)19-12-30(42)28-50(34)39/h27-29,31-35,45H,3-26,43-44H2,1-2H3,(H,47,51). The molecule has 52 heavy (non-hydrogen) atoms. The third kappa shape index (κ3) is 7.31. The molecule has 1 aliphatic carbocycles. The molecule has 1 spiro atoms. The van der Waals surface area contributed by atoms with Gasteiger partial charge in [0.1, 0.15) is 5.83 Å². The predicted molar refractivity (Wildman–Crippen MR) is 208 cm³/mol. The molecule has 0 aromatic rings. The number of alkyl halides is 1. The van der Waals surface area contributed by atoms with Gasteiger partial charge in [0.15, 0.2) is 0 Å². The van der Waals surface area contributed by atoms with Crippen LogP contribution in [0.4, 0.5) is 4.39 Å². The summed E-state index contributed by atoms with van der Waals surface area (Å²) in [5, 5.41) is 6.51. The van der Waals surface area contributed by atoms with Crippen molar-refractivity contribution in [3.63, 3.8) is 0 Å². The minimum atomic E-state index is -0.910. The van der Waals surface area contributed by atoms with Crippen molar-refractivity contribution in [1.82, 2.24) is 25.3 Å². The molecule has 2 amide bonds. The summed E-state index contributed by atoms with van der Waals surface area (Å²) in [7, 11) is 0. The van der Waals surface area contributed by atoms with E-state index in [0.29, 0.717) is 13.0 Å². The molecule has 6 rings (SSSR count). The van der Waals surface area contributed by atoms with Crippen molar-refractivity contribution in [3.05, 3.63) is 12.0 Å². The zero-order chi connectivity index (χ0) is 36.9. The topological polar surface area (TPSA) is 132 Å². The monoisotopic (exact) mass is 747 g/mol. The van der Waals surface area contributed by atoms with Crippen molar-refractivity contribution in [1.29, 1.82) is 0 Å². The van der Waals surface area contributed by atoms with Crippen LogP contribution in [0.1, 0.15) is 123 Å². The highest BCUT2D eigenvalue weighted by molar-refractivity contribution is 6.22. The van der Waals surface area contributed by atoms with E-state index >= 15 is 4.39 Å². The van der Waals surface area contributed by atoms with Crippen LogP contribution < -0.4 is 22.1 Å². The van der Waals surface area contributed by atoms with Gasteiger partial charge in [-0.2, -0.15) is 0 Å². The van der Waals surface area contributed by atoms with Gasteiger partial charge in [-0.1, -0.05) is 71.6 Å². The second-order valence-electron chi connectivity index (χ2n) is 17.0. The number of carbonyl (C=O) groups is 2. The Morgan fingerprint density at radius 3 is 2.35 bits per heavy atom. The summed E-state index contributed by atoms with van der Waals surface area (Å²) in [5.74, 6) is -0.753. The lowest BCUT2D eigenvalue weighted by atomic mass is 9.48. The van der Waals surface area contributed by atoms with Crippen molar-refractivity contribution in [3.8, 4) is 0 Å². The van der Waals surface area contributed by atoms with E-state index in [-0.39, 0.29) is 45.9 Å². The summed E-state index contributed by atoms with van der Waals surface area (Å²) >= 11 is 7.42. The third-order valence-corrected chi connectivity index (χ3v) is 14.8. The minimum absolute atomic E-state index is 0.00184. The molecule has 0 radical (unpaired) electrons. The molecule has 6 unspecified atom stereocenters. The Bertz CT molecular complexity index is 1280. The highest BCUT2D eigenvalue weighted by Gasteiger charge is 2.72. The maximum atomic E-state index is 15.2. The number of nitrogens with one attached hydrogen (secondary N) is 2. The fourth-order valence-corrected chi connectivity index (χ4v) is 12.1. The molecule has 0 aromatic heterocycles. The van der Waals surface area contributed by atoms with Crippen molar-refractivity contribution >= 4 is 29.6 Å². The summed E-state index contributed by atoms with van der Waals surface area (Å²) in [6.45, 7) is 9.61. The van der Waals surface area contributed by atoms with Crippen molar-refractivity contribution in [2.45, 2.75) is 158 Å². The first-order valence-corrected chi connectivity index (χ1v) is 21.4. The van der Waals surface area contributed by atoms with Gasteiger partial charge in [0.25, 0.3) is 0 Å². The van der Waals surface area contributed by atoms with Gasteiger partial charge in [-0.25, -0.2) is 4.39 Å². The van der Waals surface area contributed by atoms with Gasteiger partial charge in [-0.15, -0.1) is 11.6 Å². The molecule has 6 N–H and O–H groups in total. The van der Waals surface area contributed by atoms with Crippen LogP contribution in [-0.2, 0) is 9.59 Å². The zero-order valence-electron chi connectivity index (χ0n) is 32.1. The fraction of sp³-hybridized carbons (Fsp3) is 0.875. The van der Waals surface area contributed by atoms with Crippen molar-refractivity contribution < 1.29 is 14.0 Å². The lowest BCUT2D eigenvalue weighted by molar-refractivity contribution is -0.220. The summed E-state index contributed by atoms with van der Waals surface area (Å²) in [4.78, 5) is 39.9. The lowest BCUT2D eigenvalue weighted by Gasteiger charge is -2.74. The number of carbonyl (C=O) groups excluding carboxylic acids is 2. The summed E-state index contributed by atoms with van der Waals surface area (Å²) in [6.07, 6.45) is 19.3. The molecule has 12 heteroatoms. The highest BCUT2D eigenvalue weighted by atomic mass is 35.5. The van der Waals surface area contributed by atoms with Gasteiger partial charge < -0.3 is 31.9 Å². The number of nitrogens with two attached hydrogens (primary N) is 2. The number of amides is 2. The van der Waals surface area contributed by atoms with Crippen LogP contribution >= 0.6 is 11.6 Å². The number of hydrogen-bond donors (Lipinski definition) is 4. The number of aliphatic imine (C=N–C) groups is 1. The van der Waals surface area contributed by atoms with Crippen LogP contribution in [0, 0.1) is 17.3 Å². The number of allylic oxidation sites excluding steroid dienone is 1. The van der Waals surface area contributed by atoms with Crippen LogP contribution in [0.2, 0.25) is 0 Å². The quantitative estimate of drug-likeness (QED) is 0.105. The smallest absolute Gasteiger partial charge is 0.228 e. The van der Waals surface area contributed by atoms with Crippen LogP contribution in [0.5, 0.6) is 0 Å². The van der Waals surface area contributed by atoms with E-state index in [1.54, 1.807) is 6.20 Å². The number of unbranched alkanes of at least 4 members (excludes halogenated alkanes) is 5. The fourth-order valence-electron chi connectivity index (χ4n) is 11.6. The molecule has 0 aromatic carbocycles.